The number of allylic oxidation sites excluding steroid dienone is 2. The van der Waals surface area contributed by atoms with Crippen molar-refractivity contribution in [1.82, 2.24) is 5.32 Å². The number of phosphoric ester groups is 1. The van der Waals surface area contributed by atoms with E-state index in [2.05, 4.69) is 33.4 Å². The number of hydrogen-bond acceptors (Lipinski definition) is 8. The molecule has 4 N–H and O–H groups in total. The molecule has 3 unspecified atom stereocenters. The summed E-state index contributed by atoms with van der Waals surface area (Å²) in [6.07, 6.45) is 13.4. The summed E-state index contributed by atoms with van der Waals surface area (Å²) < 4.78 is 26.1. The summed E-state index contributed by atoms with van der Waals surface area (Å²) in [6, 6.07) is -1.54. The van der Waals surface area contributed by atoms with Crippen LogP contribution in [0.15, 0.2) is 12.2 Å². The third-order valence-corrected chi connectivity index (χ3v) is 5.97. The van der Waals surface area contributed by atoms with Crippen LogP contribution in [0.3, 0.4) is 0 Å². The van der Waals surface area contributed by atoms with Crippen LogP contribution in [0.1, 0.15) is 90.9 Å². The second kappa shape index (κ2) is 21.3. The van der Waals surface area contributed by atoms with Crippen molar-refractivity contribution in [2.45, 2.75) is 103 Å². The zero-order valence-corrected chi connectivity index (χ0v) is 22.5. The normalized spacial score (nSPS) is 14.8. The molecular weight excluding hydrogens is 493 g/mol. The molecule has 0 aliphatic rings. The predicted molar refractivity (Wildman–Crippen MR) is 134 cm³/mol. The molecule has 210 valence electrons. The highest BCUT2D eigenvalue weighted by Gasteiger charge is 2.28. The SMILES string of the molecule is CCCC/C=C\CCCCCCCC(=O)OCC(O)COP(=O)(O)OCC(NC(=O)CCC)C(=O)O. The summed E-state index contributed by atoms with van der Waals surface area (Å²) in [7, 11) is -4.71. The third-order valence-electron chi connectivity index (χ3n) is 5.02. The van der Waals surface area contributed by atoms with Crippen molar-refractivity contribution in [2.24, 2.45) is 0 Å². The van der Waals surface area contributed by atoms with Crippen LogP contribution in [0.25, 0.3) is 0 Å². The van der Waals surface area contributed by atoms with E-state index in [1.165, 1.54) is 12.8 Å². The number of ether oxygens (including phenoxy) is 1. The lowest BCUT2D eigenvalue weighted by Crippen LogP contribution is -2.43. The van der Waals surface area contributed by atoms with Gasteiger partial charge in [0, 0.05) is 12.8 Å². The van der Waals surface area contributed by atoms with Crippen molar-refractivity contribution in [3.63, 3.8) is 0 Å². The molecule has 0 fully saturated rings. The molecule has 0 radical (unpaired) electrons. The highest BCUT2D eigenvalue weighted by molar-refractivity contribution is 7.47. The maximum atomic E-state index is 11.9. The van der Waals surface area contributed by atoms with Gasteiger partial charge in [-0.3, -0.25) is 18.6 Å². The van der Waals surface area contributed by atoms with Gasteiger partial charge in [-0.25, -0.2) is 9.36 Å². The molecule has 0 saturated heterocycles. The second-order valence-corrected chi connectivity index (χ2v) is 9.98. The van der Waals surface area contributed by atoms with Crippen molar-refractivity contribution in [3.05, 3.63) is 12.2 Å². The number of carboxylic acids is 1. The van der Waals surface area contributed by atoms with Crippen LogP contribution in [0, 0.1) is 0 Å². The van der Waals surface area contributed by atoms with Gasteiger partial charge in [0.25, 0.3) is 0 Å². The van der Waals surface area contributed by atoms with Crippen molar-refractivity contribution in [1.29, 1.82) is 0 Å². The maximum Gasteiger partial charge on any atom is 0.472 e. The quantitative estimate of drug-likeness (QED) is 0.0649. The lowest BCUT2D eigenvalue weighted by atomic mass is 10.1. The number of unbranched alkanes of at least 4 members (excludes halogenated alkanes) is 7. The van der Waals surface area contributed by atoms with Crippen LogP contribution >= 0.6 is 7.82 Å². The first kappa shape index (κ1) is 34.2. The molecule has 0 saturated carbocycles. The molecule has 0 rings (SSSR count). The average molecular weight is 538 g/mol. The predicted octanol–water partition coefficient (Wildman–Crippen LogP) is 3.87. The zero-order chi connectivity index (χ0) is 27.2. The molecule has 0 aliphatic carbocycles. The summed E-state index contributed by atoms with van der Waals surface area (Å²) in [5.41, 5.74) is 0. The maximum absolute atomic E-state index is 11.9. The molecule has 0 aliphatic heterocycles. The first-order chi connectivity index (χ1) is 17.1. The van der Waals surface area contributed by atoms with E-state index in [1.807, 2.05) is 0 Å². The molecule has 0 aromatic carbocycles. The Bertz CT molecular complexity index is 700. The molecule has 0 spiro atoms. The molecule has 0 heterocycles. The Hall–Kier alpha value is -1.78. The zero-order valence-electron chi connectivity index (χ0n) is 21.6. The van der Waals surface area contributed by atoms with Gasteiger partial charge in [0.1, 0.15) is 12.7 Å². The average Bonchev–Trinajstić information content (AvgIpc) is 2.82. The second-order valence-electron chi connectivity index (χ2n) is 8.53. The first-order valence-corrected chi connectivity index (χ1v) is 14.2. The van der Waals surface area contributed by atoms with Gasteiger partial charge in [0.05, 0.1) is 13.2 Å². The molecule has 0 aromatic heterocycles. The van der Waals surface area contributed by atoms with E-state index in [4.69, 9.17) is 9.84 Å². The van der Waals surface area contributed by atoms with Gasteiger partial charge >= 0.3 is 19.8 Å². The van der Waals surface area contributed by atoms with Gasteiger partial charge in [-0.15, -0.1) is 0 Å². The molecular formula is C24H44NO10P. The van der Waals surface area contributed by atoms with Crippen LogP contribution in [0.2, 0.25) is 0 Å². The van der Waals surface area contributed by atoms with Gasteiger partial charge in [-0.1, -0.05) is 58.1 Å². The summed E-state index contributed by atoms with van der Waals surface area (Å²) in [6.45, 7) is 2.01. The first-order valence-electron chi connectivity index (χ1n) is 12.7. The van der Waals surface area contributed by atoms with E-state index in [-0.39, 0.29) is 12.8 Å². The topological polar surface area (TPSA) is 169 Å². The number of hydrogen-bond donors (Lipinski definition) is 4. The lowest BCUT2D eigenvalue weighted by molar-refractivity contribution is -0.147. The number of nitrogens with one attached hydrogen (secondary N) is 1. The van der Waals surface area contributed by atoms with E-state index in [9.17, 15) is 28.9 Å². The van der Waals surface area contributed by atoms with Gasteiger partial charge < -0.3 is 25.2 Å². The van der Waals surface area contributed by atoms with E-state index >= 15 is 0 Å². The van der Waals surface area contributed by atoms with Crippen molar-refractivity contribution < 1.29 is 47.8 Å². The minimum absolute atomic E-state index is 0.0963. The number of rotatable bonds is 23. The Balaban J connectivity index is 3.97. The molecule has 0 aromatic rings. The van der Waals surface area contributed by atoms with Crippen LogP contribution in [-0.4, -0.2) is 64.9 Å². The minimum Gasteiger partial charge on any atom is -0.480 e. The summed E-state index contributed by atoms with van der Waals surface area (Å²) in [5.74, 6) is -2.46. The van der Waals surface area contributed by atoms with Crippen molar-refractivity contribution in [2.75, 3.05) is 19.8 Å². The fourth-order valence-electron chi connectivity index (χ4n) is 2.98. The molecule has 0 bridgehead atoms. The Morgan fingerprint density at radius 2 is 1.47 bits per heavy atom. The van der Waals surface area contributed by atoms with Crippen LogP contribution < -0.4 is 5.32 Å². The number of amides is 1. The monoisotopic (exact) mass is 537 g/mol. The molecule has 11 nitrogen and oxygen atoms in total. The minimum atomic E-state index is -4.71. The number of phosphoric acid groups is 1. The Kier molecular flexibility index (Phi) is 20.3. The Labute approximate surface area is 214 Å². The smallest absolute Gasteiger partial charge is 0.472 e. The molecule has 3 atom stereocenters. The lowest BCUT2D eigenvalue weighted by Gasteiger charge is -2.18. The van der Waals surface area contributed by atoms with Crippen LogP contribution in [0.4, 0.5) is 0 Å². The number of esters is 1. The van der Waals surface area contributed by atoms with Crippen LogP contribution in [0.5, 0.6) is 0 Å². The Morgan fingerprint density at radius 1 is 0.861 bits per heavy atom. The third kappa shape index (κ3) is 20.4. The number of carbonyl (C=O) groups is 3. The number of aliphatic hydroxyl groups excluding tert-OH is 1. The fraction of sp³-hybridized carbons (Fsp3) is 0.792. The van der Waals surface area contributed by atoms with E-state index in [0.717, 1.165) is 38.5 Å². The molecule has 1 amide bonds. The van der Waals surface area contributed by atoms with Gasteiger partial charge in [-0.05, 0) is 32.1 Å². The van der Waals surface area contributed by atoms with E-state index in [1.54, 1.807) is 6.92 Å². The molecule has 36 heavy (non-hydrogen) atoms. The van der Waals surface area contributed by atoms with Gasteiger partial charge in [-0.2, -0.15) is 0 Å². The highest BCUT2D eigenvalue weighted by Crippen LogP contribution is 2.43. The Morgan fingerprint density at radius 3 is 2.11 bits per heavy atom. The number of carboxylic acid groups (broad SMARTS) is 1. The van der Waals surface area contributed by atoms with Crippen molar-refractivity contribution in [3.8, 4) is 0 Å². The van der Waals surface area contributed by atoms with Crippen molar-refractivity contribution >= 4 is 25.7 Å². The fourth-order valence-corrected chi connectivity index (χ4v) is 3.76. The summed E-state index contributed by atoms with van der Waals surface area (Å²) >= 11 is 0. The summed E-state index contributed by atoms with van der Waals surface area (Å²) in [5, 5.41) is 21.1. The number of aliphatic carboxylic acids is 1. The van der Waals surface area contributed by atoms with Gasteiger partial charge in [0.15, 0.2) is 6.04 Å². The van der Waals surface area contributed by atoms with Crippen LogP contribution in [-0.2, 0) is 32.7 Å². The highest BCUT2D eigenvalue weighted by atomic mass is 31.2. The van der Waals surface area contributed by atoms with E-state index in [0.29, 0.717) is 12.8 Å². The summed E-state index contributed by atoms with van der Waals surface area (Å²) in [4.78, 5) is 44.1. The largest absolute Gasteiger partial charge is 0.480 e. The van der Waals surface area contributed by atoms with E-state index < -0.39 is 57.6 Å². The van der Waals surface area contributed by atoms with Gasteiger partial charge in [0.2, 0.25) is 5.91 Å². The standard InChI is InChI=1S/C24H44NO10P/c1-3-5-6-7-8-9-10-11-12-13-14-16-23(28)33-17-20(26)18-34-36(31,32)35-19-21(24(29)30)25-22(27)15-4-2/h7-8,20-21,26H,3-6,9-19H2,1-2H3,(H,25,27)(H,29,30)(H,31,32)/b8-7-. The molecule has 12 heteroatoms. The number of aliphatic hydroxyl groups is 1. The number of carbonyl (C=O) groups excluding carboxylic acids is 2.